The molecule has 0 amide bonds. The molecule has 0 bridgehead atoms. The van der Waals surface area contributed by atoms with Crippen LogP contribution in [-0.2, 0) is 16.0 Å². The monoisotopic (exact) mass is 782 g/mol. The van der Waals surface area contributed by atoms with Crippen molar-refractivity contribution in [2.75, 3.05) is 31.6 Å². The largest absolute Gasteiger partial charge is 0.573 e. The first-order chi connectivity index (χ1) is 25.6. The number of carbonyl (C=O) groups is 1. The summed E-state index contributed by atoms with van der Waals surface area (Å²) in [5.41, 5.74) is 2.86. The zero-order valence-corrected chi connectivity index (χ0v) is 32.9. The molecule has 0 fully saturated rings. The molecule has 10 nitrogen and oxygen atoms in total. The molecular weight excluding hydrogens is 726 g/mol. The van der Waals surface area contributed by atoms with Crippen LogP contribution in [-0.4, -0.2) is 62.7 Å². The molecule has 0 spiro atoms. The SMILES string of the molecule is CCCCCCCCCCNCCOCC.O=C(O)CCCCCCCCCc1cnc2c(c1)nc(Nc1nc3ccc(OC(F)(F)F)cc3s1)n2S. The number of carboxylic acid groups (broad SMARTS) is 1. The maximum Gasteiger partial charge on any atom is 0.573 e. The van der Waals surface area contributed by atoms with Crippen molar-refractivity contribution >= 4 is 62.6 Å². The Kier molecular flexibility index (Phi) is 20.9. The van der Waals surface area contributed by atoms with Crippen molar-refractivity contribution in [3.63, 3.8) is 0 Å². The lowest BCUT2D eigenvalue weighted by molar-refractivity contribution is -0.274. The van der Waals surface area contributed by atoms with Crippen LogP contribution >= 0.6 is 24.2 Å². The predicted octanol–water partition coefficient (Wildman–Crippen LogP) is 10.9. The molecule has 0 aliphatic rings. The van der Waals surface area contributed by atoms with Crippen molar-refractivity contribution in [1.29, 1.82) is 0 Å². The minimum absolute atomic E-state index is 0.247. The van der Waals surface area contributed by atoms with Crippen LogP contribution in [0.15, 0.2) is 30.5 Å². The Morgan fingerprint density at radius 1 is 0.887 bits per heavy atom. The summed E-state index contributed by atoms with van der Waals surface area (Å²) in [6, 6.07) is 5.96. The fourth-order valence-corrected chi connectivity index (χ4v) is 6.89. The summed E-state index contributed by atoms with van der Waals surface area (Å²) in [5, 5.41) is 15.6. The van der Waals surface area contributed by atoms with Crippen LogP contribution < -0.4 is 15.4 Å². The van der Waals surface area contributed by atoms with Gasteiger partial charge in [-0.05, 0) is 62.9 Å². The lowest BCUT2D eigenvalue weighted by Gasteiger charge is -2.07. The lowest BCUT2D eigenvalue weighted by atomic mass is 10.0. The molecule has 3 aromatic heterocycles. The summed E-state index contributed by atoms with van der Waals surface area (Å²) < 4.78 is 48.8. The van der Waals surface area contributed by atoms with Gasteiger partial charge in [-0.2, -0.15) is 0 Å². The maximum atomic E-state index is 12.5. The number of thiol groups is 1. The Morgan fingerprint density at radius 2 is 1.57 bits per heavy atom. The third-order valence-electron chi connectivity index (χ3n) is 8.53. The number of unbranched alkanes of at least 4 members (excludes halogenated alkanes) is 13. The topological polar surface area (TPSA) is 123 Å². The van der Waals surface area contributed by atoms with Crippen LogP contribution in [0, 0.1) is 0 Å². The summed E-state index contributed by atoms with van der Waals surface area (Å²) in [5.74, 6) is -0.634. The number of aromatic nitrogens is 4. The van der Waals surface area contributed by atoms with Crippen LogP contribution in [0.2, 0.25) is 0 Å². The highest BCUT2D eigenvalue weighted by Gasteiger charge is 2.31. The second-order valence-corrected chi connectivity index (χ2v) is 14.5. The average molecular weight is 783 g/mol. The summed E-state index contributed by atoms with van der Waals surface area (Å²) in [7, 11) is 0. The van der Waals surface area contributed by atoms with E-state index in [1.165, 1.54) is 84.9 Å². The Morgan fingerprint density at radius 3 is 2.25 bits per heavy atom. The standard InChI is InChI=1S/C24H26F3N5O3S2.C14H31NO/c25-24(26,27)35-16-10-11-17-19(13-16)37-23(30-17)31-22-29-18-12-15(14-28-21(18)32(22)36)8-6-4-2-1-3-5-7-9-20(33)34;1-3-5-6-7-8-9-10-11-12-15-13-14-16-4-2/h10-14,36H,1-9H2,(H,33,34)(H,29,30,31);15H,3-14H2,1-2H3. The first-order valence-electron chi connectivity index (χ1n) is 19.1. The normalized spacial score (nSPS) is 11.6. The highest BCUT2D eigenvalue weighted by molar-refractivity contribution is 7.78. The van der Waals surface area contributed by atoms with Crippen molar-refractivity contribution in [1.82, 2.24) is 24.2 Å². The molecule has 53 heavy (non-hydrogen) atoms. The Balaban J connectivity index is 0.000000399. The molecule has 3 N–H and O–H groups in total. The van der Waals surface area contributed by atoms with E-state index >= 15 is 0 Å². The Labute approximate surface area is 321 Å². The van der Waals surface area contributed by atoms with Gasteiger partial charge in [0.05, 0.1) is 16.8 Å². The van der Waals surface area contributed by atoms with Gasteiger partial charge >= 0.3 is 12.3 Å². The number of anilines is 2. The van der Waals surface area contributed by atoms with Gasteiger partial charge in [0, 0.05) is 31.8 Å². The number of hydrogen-bond acceptors (Lipinski definition) is 10. The molecule has 4 rings (SSSR count). The smallest absolute Gasteiger partial charge is 0.481 e. The van der Waals surface area contributed by atoms with Gasteiger partial charge < -0.3 is 25.2 Å². The number of rotatable bonds is 26. The van der Waals surface area contributed by atoms with Crippen LogP contribution in [0.25, 0.3) is 21.4 Å². The molecule has 0 aliphatic carbocycles. The minimum atomic E-state index is -4.76. The average Bonchev–Trinajstić information content (AvgIpc) is 3.66. The number of hydrogen-bond donors (Lipinski definition) is 4. The van der Waals surface area contributed by atoms with Gasteiger partial charge in [-0.1, -0.05) is 108 Å². The third kappa shape index (κ3) is 18.2. The number of halogens is 3. The van der Waals surface area contributed by atoms with Crippen LogP contribution in [0.3, 0.4) is 0 Å². The number of nitrogens with one attached hydrogen (secondary N) is 2. The number of pyridine rings is 1. The van der Waals surface area contributed by atoms with Crippen molar-refractivity contribution in [3.05, 3.63) is 36.0 Å². The van der Waals surface area contributed by atoms with Gasteiger partial charge in [0.15, 0.2) is 10.8 Å². The lowest BCUT2D eigenvalue weighted by Crippen LogP contribution is -2.20. The fourth-order valence-electron chi connectivity index (χ4n) is 5.75. The molecule has 4 aromatic rings. The van der Waals surface area contributed by atoms with E-state index < -0.39 is 12.3 Å². The number of imidazole rings is 1. The number of nitrogens with zero attached hydrogens (tertiary/aromatic N) is 4. The van der Waals surface area contributed by atoms with Gasteiger partial charge in [-0.25, -0.2) is 18.9 Å². The summed E-state index contributed by atoms with van der Waals surface area (Å²) >= 11 is 5.65. The van der Waals surface area contributed by atoms with Crippen LogP contribution in [0.5, 0.6) is 5.75 Å². The van der Waals surface area contributed by atoms with Crippen molar-refractivity contribution in [3.8, 4) is 5.75 Å². The molecule has 0 saturated carbocycles. The van der Waals surface area contributed by atoms with E-state index in [0.29, 0.717) is 32.5 Å². The summed E-state index contributed by atoms with van der Waals surface area (Å²) in [6.07, 6.45) is 16.5. The van der Waals surface area contributed by atoms with Gasteiger partial charge in [0.1, 0.15) is 11.3 Å². The molecule has 296 valence electrons. The van der Waals surface area contributed by atoms with Crippen LogP contribution in [0.1, 0.15) is 122 Å². The number of carboxylic acids is 1. The second kappa shape index (κ2) is 25.0. The van der Waals surface area contributed by atoms with Gasteiger partial charge in [-0.15, -0.1) is 13.2 Å². The molecular formula is C38H57F3N6O4S2. The molecule has 1 aromatic carbocycles. The second-order valence-electron chi connectivity index (χ2n) is 13.0. The van der Waals surface area contributed by atoms with E-state index in [0.717, 1.165) is 83.2 Å². The molecule has 0 radical (unpaired) electrons. The van der Waals surface area contributed by atoms with E-state index in [4.69, 9.17) is 9.84 Å². The minimum Gasteiger partial charge on any atom is -0.481 e. The number of benzene rings is 1. The molecule has 0 unspecified atom stereocenters. The quantitative estimate of drug-likeness (QED) is 0.0364. The van der Waals surface area contributed by atoms with E-state index in [1.54, 1.807) is 0 Å². The number of ether oxygens (including phenoxy) is 2. The number of thiazole rings is 1. The van der Waals surface area contributed by atoms with E-state index in [-0.39, 0.29) is 12.2 Å². The van der Waals surface area contributed by atoms with E-state index in [9.17, 15) is 18.0 Å². The predicted molar refractivity (Wildman–Crippen MR) is 212 cm³/mol. The molecule has 3 heterocycles. The molecule has 0 saturated heterocycles. The summed E-state index contributed by atoms with van der Waals surface area (Å²) in [6.45, 7) is 8.16. The highest BCUT2D eigenvalue weighted by atomic mass is 32.1. The first-order valence-corrected chi connectivity index (χ1v) is 20.3. The fraction of sp³-hybridized carbons (Fsp3) is 0.632. The summed E-state index contributed by atoms with van der Waals surface area (Å²) in [4.78, 5) is 24.0. The van der Waals surface area contributed by atoms with Gasteiger partial charge in [0.2, 0.25) is 5.95 Å². The third-order valence-corrected chi connectivity index (χ3v) is 9.85. The number of fused-ring (bicyclic) bond motifs is 2. The molecule has 0 atom stereocenters. The highest BCUT2D eigenvalue weighted by Crippen LogP contribution is 2.33. The van der Waals surface area contributed by atoms with Crippen molar-refractivity contribution in [2.45, 2.75) is 129 Å². The Hall–Kier alpha value is -3.14. The van der Waals surface area contributed by atoms with Crippen molar-refractivity contribution in [2.24, 2.45) is 0 Å². The van der Waals surface area contributed by atoms with E-state index in [1.807, 2.05) is 19.2 Å². The van der Waals surface area contributed by atoms with Gasteiger partial charge in [-0.3, -0.25) is 4.79 Å². The van der Waals surface area contributed by atoms with Crippen LogP contribution in [0.4, 0.5) is 24.3 Å². The van der Waals surface area contributed by atoms with Crippen molar-refractivity contribution < 1.29 is 32.5 Å². The zero-order valence-electron chi connectivity index (χ0n) is 31.2. The first kappa shape index (κ1) is 44.3. The number of alkyl halides is 3. The maximum absolute atomic E-state index is 12.5. The van der Waals surface area contributed by atoms with E-state index in [2.05, 4.69) is 50.1 Å². The zero-order chi connectivity index (χ0) is 38.3. The Bertz CT molecular complexity index is 1600. The molecule has 15 heteroatoms. The molecule has 0 aliphatic heterocycles. The number of aryl methyl sites for hydroxylation is 1. The van der Waals surface area contributed by atoms with Gasteiger partial charge in [0.25, 0.3) is 0 Å². The number of aliphatic carboxylic acids is 1.